The summed E-state index contributed by atoms with van der Waals surface area (Å²) in [6.45, 7) is 3.16. The van der Waals surface area contributed by atoms with Crippen LogP contribution in [-0.2, 0) is 6.54 Å². The third-order valence-electron chi connectivity index (χ3n) is 10.4. The number of aromatic nitrogens is 1. The molecule has 0 amide bonds. The smallest absolute Gasteiger partial charge is 0.0492 e. The van der Waals surface area contributed by atoms with E-state index in [4.69, 9.17) is 0 Å². The molecule has 0 saturated heterocycles. The molecule has 258 valence electrons. The van der Waals surface area contributed by atoms with Crippen LogP contribution in [0, 0.1) is 0 Å². The average molecular weight is 720 g/mol. The van der Waals surface area contributed by atoms with Gasteiger partial charge in [-0.05, 0) is 116 Å². The predicted molar refractivity (Wildman–Crippen MR) is 225 cm³/mol. The van der Waals surface area contributed by atoms with Gasteiger partial charge in [0, 0.05) is 67.5 Å². The Hall–Kier alpha value is -5.74. The maximum absolute atomic E-state index is 2.53. The van der Waals surface area contributed by atoms with Crippen molar-refractivity contribution < 1.29 is 0 Å². The second-order valence-electron chi connectivity index (χ2n) is 13.2. The van der Waals surface area contributed by atoms with Crippen molar-refractivity contribution in [3.8, 4) is 0 Å². The summed E-state index contributed by atoms with van der Waals surface area (Å²) in [4.78, 5) is 10.7. The van der Waals surface area contributed by atoms with Gasteiger partial charge in [0.15, 0.2) is 0 Å². The van der Waals surface area contributed by atoms with E-state index in [0.717, 1.165) is 6.54 Å². The molecule has 3 heteroatoms. The Morgan fingerprint density at radius 3 is 0.774 bits per heavy atom. The summed E-state index contributed by atoms with van der Waals surface area (Å²) in [5.74, 6) is 0. The van der Waals surface area contributed by atoms with Crippen molar-refractivity contribution in [3.05, 3.63) is 218 Å². The fourth-order valence-corrected chi connectivity index (χ4v) is 16.0. The summed E-state index contributed by atoms with van der Waals surface area (Å²) in [5.41, 5.74) is 2.54. The molecule has 0 aliphatic heterocycles. The summed E-state index contributed by atoms with van der Waals surface area (Å²) in [6.07, 6.45) is 0. The van der Waals surface area contributed by atoms with E-state index >= 15 is 0 Å². The van der Waals surface area contributed by atoms with Crippen molar-refractivity contribution in [3.63, 3.8) is 0 Å². The molecule has 0 aliphatic rings. The first-order valence-electron chi connectivity index (χ1n) is 18.3. The molecule has 1 aromatic heterocycles. The topological polar surface area (TPSA) is 4.93 Å². The molecule has 1 nitrogen and oxygen atoms in total. The van der Waals surface area contributed by atoms with Crippen LogP contribution >= 0.6 is 20.1 Å². The first-order chi connectivity index (χ1) is 26.3. The highest BCUT2D eigenvalue weighted by atomic mass is 32.3. The molecule has 0 fully saturated rings. The lowest BCUT2D eigenvalue weighted by atomic mass is 10.1. The molecule has 0 bridgehead atoms. The largest absolute Gasteiger partial charge is 0.341 e. The highest BCUT2D eigenvalue weighted by Crippen LogP contribution is 2.75. The molecule has 8 aromatic carbocycles. The standard InChI is InChI=1S/C50H41NS2/c1-2-51-49-35-33-45(52(39-21-9-3-10-22-39,40-23-11-4-12-24-40)41-25-13-5-14-26-41)37-47(49)48-38-46(34-36-50(48)51)53(42-27-15-6-16-28-42,43-29-17-7-18-30-43)44-31-19-8-20-32-44/h3-38H,2H2,1H3. The first kappa shape index (κ1) is 33.1. The Balaban J connectivity index is 1.39. The molecule has 53 heavy (non-hydrogen) atoms. The van der Waals surface area contributed by atoms with Crippen LogP contribution in [0.2, 0.25) is 0 Å². The number of nitrogens with zero attached hydrogens (tertiary/aromatic N) is 1. The molecule has 0 unspecified atom stereocenters. The van der Waals surface area contributed by atoms with Crippen LogP contribution in [0.4, 0.5) is 0 Å². The molecule has 0 radical (unpaired) electrons. The molecule has 0 N–H and O–H groups in total. The highest BCUT2D eigenvalue weighted by Gasteiger charge is 2.35. The van der Waals surface area contributed by atoms with E-state index in [-0.39, 0.29) is 0 Å². The Morgan fingerprint density at radius 2 is 0.547 bits per heavy atom. The van der Waals surface area contributed by atoms with E-state index in [1.54, 1.807) is 0 Å². The van der Waals surface area contributed by atoms with Gasteiger partial charge in [0.05, 0.1) is 0 Å². The van der Waals surface area contributed by atoms with Crippen LogP contribution in [0.15, 0.2) is 258 Å². The molecule has 0 atom stereocenters. The van der Waals surface area contributed by atoms with E-state index in [1.807, 2.05) is 0 Å². The van der Waals surface area contributed by atoms with E-state index in [9.17, 15) is 0 Å². The second kappa shape index (κ2) is 14.0. The van der Waals surface area contributed by atoms with Gasteiger partial charge in [0.25, 0.3) is 0 Å². The first-order valence-corrected chi connectivity index (χ1v) is 21.6. The average Bonchev–Trinajstić information content (AvgIpc) is 3.56. The Morgan fingerprint density at radius 1 is 0.302 bits per heavy atom. The monoisotopic (exact) mass is 719 g/mol. The SMILES string of the molecule is CCn1c2ccc(S(c3ccccc3)(c3ccccc3)c3ccccc3)cc2c2cc(S(c3ccccc3)(c3ccccc3)c3ccccc3)ccc21. The van der Waals surface area contributed by atoms with Crippen molar-refractivity contribution in [2.24, 2.45) is 0 Å². The van der Waals surface area contributed by atoms with Crippen LogP contribution in [0.3, 0.4) is 0 Å². The highest BCUT2D eigenvalue weighted by molar-refractivity contribution is 8.34. The quantitative estimate of drug-likeness (QED) is 0.140. The molecule has 0 saturated carbocycles. The van der Waals surface area contributed by atoms with Crippen LogP contribution in [0.5, 0.6) is 0 Å². The number of fused-ring (bicyclic) bond motifs is 3. The molecule has 0 spiro atoms. The van der Waals surface area contributed by atoms with E-state index in [1.165, 1.54) is 61.0 Å². The van der Waals surface area contributed by atoms with Crippen LogP contribution in [-0.4, -0.2) is 4.57 Å². The maximum atomic E-state index is 2.53. The van der Waals surface area contributed by atoms with Crippen LogP contribution in [0.1, 0.15) is 6.92 Å². The summed E-state index contributed by atoms with van der Waals surface area (Å²) in [5, 5.41) is 2.59. The normalized spacial score (nSPS) is 12.5. The second-order valence-corrected chi connectivity index (χ2v) is 19.4. The van der Waals surface area contributed by atoms with E-state index in [2.05, 4.69) is 230 Å². The van der Waals surface area contributed by atoms with Gasteiger partial charge in [0.1, 0.15) is 0 Å². The lowest BCUT2D eigenvalue weighted by Crippen LogP contribution is -2.05. The van der Waals surface area contributed by atoms with Crippen molar-refractivity contribution in [2.45, 2.75) is 52.6 Å². The van der Waals surface area contributed by atoms with Gasteiger partial charge in [-0.15, -0.1) is 20.1 Å². The number of aryl methyl sites for hydroxylation is 1. The van der Waals surface area contributed by atoms with Gasteiger partial charge in [0.2, 0.25) is 0 Å². The molecule has 0 aliphatic carbocycles. The summed E-state index contributed by atoms with van der Waals surface area (Å²) < 4.78 is 2.49. The van der Waals surface area contributed by atoms with Crippen LogP contribution < -0.4 is 0 Å². The third-order valence-corrected chi connectivity index (χ3v) is 18.2. The minimum absolute atomic E-state index is 0.890. The number of benzene rings is 8. The number of hydrogen-bond acceptors (Lipinski definition) is 0. The van der Waals surface area contributed by atoms with Gasteiger partial charge in [-0.3, -0.25) is 0 Å². The zero-order chi connectivity index (χ0) is 35.7. The molecular formula is C50H41NS2. The van der Waals surface area contributed by atoms with Gasteiger partial charge >= 0.3 is 0 Å². The number of rotatable bonds is 9. The predicted octanol–water partition coefficient (Wildman–Crippen LogP) is 14.5. The minimum atomic E-state index is -1.84. The van der Waals surface area contributed by atoms with Gasteiger partial charge in [-0.25, -0.2) is 0 Å². The summed E-state index contributed by atoms with van der Waals surface area (Å²) in [7, 11) is -3.68. The van der Waals surface area contributed by atoms with Crippen molar-refractivity contribution in [2.75, 3.05) is 0 Å². The minimum Gasteiger partial charge on any atom is -0.341 e. The molecule has 9 rings (SSSR count). The van der Waals surface area contributed by atoms with Crippen molar-refractivity contribution in [1.29, 1.82) is 0 Å². The molecule has 1 heterocycles. The Labute approximate surface area is 315 Å². The zero-order valence-corrected chi connectivity index (χ0v) is 31.4. The summed E-state index contributed by atoms with van der Waals surface area (Å²) >= 11 is 0. The fraction of sp³-hybridized carbons (Fsp3) is 0.0400. The van der Waals surface area contributed by atoms with E-state index < -0.39 is 20.1 Å². The van der Waals surface area contributed by atoms with Crippen molar-refractivity contribution >= 4 is 41.9 Å². The van der Waals surface area contributed by atoms with Crippen molar-refractivity contribution in [1.82, 2.24) is 4.57 Å². The Kier molecular flexibility index (Phi) is 8.75. The van der Waals surface area contributed by atoms with Gasteiger partial charge in [-0.2, -0.15) is 0 Å². The number of hydrogen-bond donors (Lipinski definition) is 0. The third kappa shape index (κ3) is 5.34. The maximum Gasteiger partial charge on any atom is 0.0492 e. The van der Waals surface area contributed by atoms with Crippen LogP contribution in [0.25, 0.3) is 21.8 Å². The molecular weight excluding hydrogens is 679 g/mol. The lowest BCUT2D eigenvalue weighted by Gasteiger charge is -2.42. The molecule has 9 aromatic rings. The summed E-state index contributed by atoms with van der Waals surface area (Å²) in [6, 6.07) is 81.6. The Bertz CT molecular complexity index is 2240. The van der Waals surface area contributed by atoms with Gasteiger partial charge < -0.3 is 4.57 Å². The fourth-order valence-electron chi connectivity index (χ4n) is 8.16. The zero-order valence-electron chi connectivity index (χ0n) is 29.8. The lowest BCUT2D eigenvalue weighted by molar-refractivity contribution is 0.826. The van der Waals surface area contributed by atoms with E-state index in [0.29, 0.717) is 0 Å². The van der Waals surface area contributed by atoms with Gasteiger partial charge in [-0.1, -0.05) is 109 Å².